The first-order valence-electron chi connectivity index (χ1n) is 9.85. The van der Waals surface area contributed by atoms with E-state index in [0.717, 1.165) is 24.0 Å². The second-order valence-electron chi connectivity index (χ2n) is 8.59. The molecule has 3 aliphatic carbocycles. The minimum atomic E-state index is 0.148. The van der Waals surface area contributed by atoms with Crippen LogP contribution in [0.1, 0.15) is 59.3 Å². The first-order chi connectivity index (χ1) is 12.0. The number of ketones is 1. The molecule has 2 atom stereocenters. The predicted octanol–water partition coefficient (Wildman–Crippen LogP) is 6.28. The number of rotatable bonds is 7. The molecule has 2 unspecified atom stereocenters. The van der Waals surface area contributed by atoms with E-state index in [-0.39, 0.29) is 5.41 Å². The predicted molar refractivity (Wildman–Crippen MR) is 110 cm³/mol. The van der Waals surface area contributed by atoms with E-state index in [4.69, 9.17) is 0 Å². The van der Waals surface area contributed by atoms with Crippen molar-refractivity contribution in [2.75, 3.05) is 11.5 Å². The van der Waals surface area contributed by atoms with Crippen molar-refractivity contribution in [3.8, 4) is 0 Å². The Morgan fingerprint density at radius 1 is 1.32 bits per heavy atom. The Hall–Kier alpha value is -1.02. The van der Waals surface area contributed by atoms with Crippen LogP contribution < -0.4 is 0 Å². The summed E-state index contributed by atoms with van der Waals surface area (Å²) in [6, 6.07) is 0. The van der Waals surface area contributed by atoms with Gasteiger partial charge >= 0.3 is 0 Å². The van der Waals surface area contributed by atoms with Crippen molar-refractivity contribution in [2.24, 2.45) is 17.3 Å². The zero-order valence-corrected chi connectivity index (χ0v) is 16.8. The van der Waals surface area contributed by atoms with Crippen LogP contribution in [0, 0.1) is 17.3 Å². The van der Waals surface area contributed by atoms with E-state index in [0.29, 0.717) is 18.0 Å². The van der Waals surface area contributed by atoms with E-state index in [1.165, 1.54) is 36.8 Å². The molecule has 0 aromatic rings. The Bertz CT molecular complexity index is 632. The van der Waals surface area contributed by atoms with Gasteiger partial charge in [-0.2, -0.15) is 0 Å². The molecular weight excluding hydrogens is 324 g/mol. The quantitative estimate of drug-likeness (QED) is 0.533. The number of allylic oxidation sites excluding steroid dienone is 7. The molecule has 25 heavy (non-hydrogen) atoms. The minimum Gasteiger partial charge on any atom is -0.299 e. The van der Waals surface area contributed by atoms with Crippen molar-refractivity contribution >= 4 is 17.5 Å². The van der Waals surface area contributed by atoms with Crippen LogP contribution in [-0.2, 0) is 4.79 Å². The summed E-state index contributed by atoms with van der Waals surface area (Å²) in [6.07, 6.45) is 18.5. The zero-order valence-electron chi connectivity index (χ0n) is 16.0. The van der Waals surface area contributed by atoms with Gasteiger partial charge in [0, 0.05) is 12.2 Å². The normalized spacial score (nSPS) is 25.5. The van der Waals surface area contributed by atoms with Crippen LogP contribution >= 0.6 is 11.8 Å². The molecule has 0 saturated heterocycles. The van der Waals surface area contributed by atoms with Gasteiger partial charge in [-0.1, -0.05) is 57.6 Å². The van der Waals surface area contributed by atoms with E-state index < -0.39 is 0 Å². The lowest BCUT2D eigenvalue weighted by Crippen LogP contribution is -2.23. The van der Waals surface area contributed by atoms with Gasteiger partial charge in [-0.15, -0.1) is 11.8 Å². The Balaban J connectivity index is 1.58. The molecule has 0 saturated carbocycles. The average molecular weight is 357 g/mol. The number of hydrogen-bond donors (Lipinski definition) is 0. The molecule has 0 aromatic heterocycles. The van der Waals surface area contributed by atoms with E-state index in [1.54, 1.807) is 5.57 Å². The Labute approximate surface area is 157 Å². The third-order valence-corrected chi connectivity index (χ3v) is 7.12. The maximum absolute atomic E-state index is 12.3. The summed E-state index contributed by atoms with van der Waals surface area (Å²) in [4.78, 5) is 12.3. The van der Waals surface area contributed by atoms with Crippen molar-refractivity contribution in [3.05, 3.63) is 47.1 Å². The van der Waals surface area contributed by atoms with Gasteiger partial charge in [-0.05, 0) is 59.7 Å². The number of fused-ring (bicyclic) bond motifs is 2. The summed E-state index contributed by atoms with van der Waals surface area (Å²) >= 11 is 1.81. The van der Waals surface area contributed by atoms with Gasteiger partial charge in [-0.3, -0.25) is 4.79 Å². The van der Waals surface area contributed by atoms with Crippen LogP contribution in [0.15, 0.2) is 47.1 Å². The fourth-order valence-electron chi connectivity index (χ4n) is 4.19. The monoisotopic (exact) mass is 356 g/mol. The molecule has 0 radical (unpaired) electrons. The molecule has 2 heteroatoms. The molecular formula is C23H32OS. The van der Waals surface area contributed by atoms with Gasteiger partial charge in [0.25, 0.3) is 0 Å². The van der Waals surface area contributed by atoms with E-state index in [1.807, 2.05) is 11.8 Å². The van der Waals surface area contributed by atoms with Crippen LogP contribution in [0.3, 0.4) is 0 Å². The van der Waals surface area contributed by atoms with Crippen molar-refractivity contribution in [3.63, 3.8) is 0 Å². The second kappa shape index (κ2) is 8.12. The number of carbonyl (C=O) groups excluding carboxylic acids is 1. The lowest BCUT2D eigenvalue weighted by atomic mass is 9.70. The van der Waals surface area contributed by atoms with E-state index in [9.17, 15) is 4.79 Å². The fourth-order valence-corrected chi connectivity index (χ4v) is 5.13. The molecule has 0 heterocycles. The Kier molecular flexibility index (Phi) is 6.09. The van der Waals surface area contributed by atoms with Gasteiger partial charge in [0.2, 0.25) is 0 Å². The van der Waals surface area contributed by atoms with E-state index in [2.05, 4.69) is 51.2 Å². The van der Waals surface area contributed by atoms with Crippen LogP contribution in [0.2, 0.25) is 0 Å². The summed E-state index contributed by atoms with van der Waals surface area (Å²) in [5, 5.41) is 0. The minimum absolute atomic E-state index is 0.148. The average Bonchev–Trinajstić information content (AvgIpc) is 2.60. The van der Waals surface area contributed by atoms with Crippen molar-refractivity contribution in [2.45, 2.75) is 59.3 Å². The highest BCUT2D eigenvalue weighted by Gasteiger charge is 2.30. The highest BCUT2D eigenvalue weighted by molar-refractivity contribution is 8.00. The summed E-state index contributed by atoms with van der Waals surface area (Å²) in [7, 11) is 0. The molecule has 0 aromatic carbocycles. The van der Waals surface area contributed by atoms with Crippen molar-refractivity contribution in [1.82, 2.24) is 0 Å². The third kappa shape index (κ3) is 4.78. The van der Waals surface area contributed by atoms with Crippen LogP contribution in [0.25, 0.3) is 0 Å². The third-order valence-electron chi connectivity index (χ3n) is 6.08. The van der Waals surface area contributed by atoms with Crippen LogP contribution in [0.4, 0.5) is 0 Å². The highest BCUT2D eigenvalue weighted by Crippen LogP contribution is 2.44. The molecule has 0 N–H and O–H groups in total. The Morgan fingerprint density at radius 2 is 2.16 bits per heavy atom. The molecule has 1 nitrogen and oxygen atoms in total. The summed E-state index contributed by atoms with van der Waals surface area (Å²) in [5.41, 5.74) is 4.73. The molecule has 136 valence electrons. The zero-order chi connectivity index (χ0) is 17.9. The second-order valence-corrected chi connectivity index (χ2v) is 9.58. The van der Waals surface area contributed by atoms with Crippen molar-refractivity contribution in [1.29, 1.82) is 0 Å². The summed E-state index contributed by atoms with van der Waals surface area (Å²) in [6.45, 7) is 6.56. The molecule has 0 fully saturated rings. The van der Waals surface area contributed by atoms with Crippen LogP contribution in [-0.4, -0.2) is 17.3 Å². The van der Waals surface area contributed by atoms with Gasteiger partial charge < -0.3 is 0 Å². The number of Topliss-reactive ketones (excluding diaryl/α,β-unsaturated/α-hetero) is 1. The summed E-state index contributed by atoms with van der Waals surface area (Å²) in [5.74, 6) is 3.54. The van der Waals surface area contributed by atoms with Gasteiger partial charge in [-0.25, -0.2) is 0 Å². The molecule has 0 aliphatic heterocycles. The fraction of sp³-hybridized carbons (Fsp3) is 0.609. The standard InChI is InChI=1S/C23H32OS/c1-4-23(2,3)14-21(24)16-25-15-20-11-7-10-19-12-17-8-5-6-9-18(17)13-22(19)20/h5-6,9,11,13,17,19H,4,7-8,10,12,14-16H2,1-3H3. The molecule has 3 aliphatic rings. The maximum Gasteiger partial charge on any atom is 0.143 e. The number of thioether (sulfide) groups is 1. The topological polar surface area (TPSA) is 17.1 Å². The molecule has 0 amide bonds. The lowest BCUT2D eigenvalue weighted by Gasteiger charge is -2.36. The molecule has 0 spiro atoms. The SMILES string of the molecule is CCC(C)(C)CC(=O)CSCC1=CCCC2CC3CC=CC=C3C=C12. The van der Waals surface area contributed by atoms with Crippen LogP contribution in [0.5, 0.6) is 0 Å². The lowest BCUT2D eigenvalue weighted by molar-refractivity contribution is -0.118. The highest BCUT2D eigenvalue weighted by atomic mass is 32.2. The first-order valence-corrected chi connectivity index (χ1v) is 11.0. The maximum atomic E-state index is 12.3. The molecule has 0 bridgehead atoms. The van der Waals surface area contributed by atoms with Crippen molar-refractivity contribution < 1.29 is 4.79 Å². The Morgan fingerprint density at radius 3 is 2.96 bits per heavy atom. The summed E-state index contributed by atoms with van der Waals surface area (Å²) < 4.78 is 0. The number of hydrogen-bond acceptors (Lipinski definition) is 2. The van der Waals surface area contributed by atoms with Gasteiger partial charge in [0.05, 0.1) is 5.75 Å². The number of carbonyl (C=O) groups is 1. The van der Waals surface area contributed by atoms with Gasteiger partial charge in [0.1, 0.15) is 5.78 Å². The molecule has 3 rings (SSSR count). The van der Waals surface area contributed by atoms with E-state index >= 15 is 0 Å². The van der Waals surface area contributed by atoms with Gasteiger partial charge in [0.15, 0.2) is 0 Å². The largest absolute Gasteiger partial charge is 0.299 e. The smallest absolute Gasteiger partial charge is 0.143 e. The first kappa shape index (κ1) is 18.8.